The van der Waals surface area contributed by atoms with Crippen LogP contribution in [0.5, 0.6) is 23.1 Å². The molecule has 5 rings (SSSR count). The third-order valence-electron chi connectivity index (χ3n) is 5.61. The van der Waals surface area contributed by atoms with Gasteiger partial charge in [-0.15, -0.1) is 0 Å². The van der Waals surface area contributed by atoms with E-state index in [1.165, 1.54) is 5.56 Å². The molecule has 2 aromatic heterocycles. The molecule has 0 bridgehead atoms. The van der Waals surface area contributed by atoms with E-state index in [-0.39, 0.29) is 0 Å². The number of hydrogen-bond donors (Lipinski definition) is 0. The van der Waals surface area contributed by atoms with E-state index in [1.54, 1.807) is 14.2 Å². The van der Waals surface area contributed by atoms with Gasteiger partial charge in [0.25, 0.3) is 0 Å². The lowest BCUT2D eigenvalue weighted by atomic mass is 10.1. The number of aryl methyl sites for hydroxylation is 1. The highest BCUT2D eigenvalue weighted by atomic mass is 16.5. The molecule has 31 heavy (non-hydrogen) atoms. The number of rotatable bonds is 5. The number of fused-ring (bicyclic) bond motifs is 3. The second-order valence-corrected chi connectivity index (χ2v) is 7.42. The van der Waals surface area contributed by atoms with Crippen LogP contribution in [0, 0.1) is 6.92 Å². The Morgan fingerprint density at radius 2 is 1.77 bits per heavy atom. The Morgan fingerprint density at radius 1 is 0.935 bits per heavy atom. The van der Waals surface area contributed by atoms with Gasteiger partial charge in [0.2, 0.25) is 5.88 Å². The third-order valence-corrected chi connectivity index (χ3v) is 5.61. The Labute approximate surface area is 181 Å². The van der Waals surface area contributed by atoms with Gasteiger partial charge in [0.05, 0.1) is 31.8 Å². The van der Waals surface area contributed by atoms with Crippen LogP contribution in [0.2, 0.25) is 0 Å². The van der Waals surface area contributed by atoms with Gasteiger partial charge >= 0.3 is 0 Å². The summed E-state index contributed by atoms with van der Waals surface area (Å²) in [5.74, 6) is 2.78. The van der Waals surface area contributed by atoms with Crippen LogP contribution in [0.1, 0.15) is 11.3 Å². The molecule has 0 fully saturated rings. The van der Waals surface area contributed by atoms with Crippen molar-refractivity contribution >= 4 is 22.3 Å². The molecule has 0 atom stereocenters. The molecular formula is C25H23N3O3. The number of ether oxygens (including phenoxy) is 3. The number of methoxy groups -OCH3 is 2. The van der Waals surface area contributed by atoms with Gasteiger partial charge in [0.1, 0.15) is 22.8 Å². The van der Waals surface area contributed by atoms with Gasteiger partial charge in [0, 0.05) is 29.8 Å². The highest BCUT2D eigenvalue weighted by Crippen LogP contribution is 2.44. The maximum absolute atomic E-state index is 5.84. The molecule has 0 saturated carbocycles. The van der Waals surface area contributed by atoms with E-state index in [1.807, 2.05) is 60.8 Å². The Balaban J connectivity index is 1.56. The smallest absolute Gasteiger partial charge is 0.219 e. The number of benzene rings is 2. The lowest BCUT2D eigenvalue weighted by Crippen LogP contribution is -2.14. The number of hydrogen-bond acceptors (Lipinski definition) is 6. The zero-order valence-electron chi connectivity index (χ0n) is 17.8. The first kappa shape index (κ1) is 19.2. The molecule has 2 aromatic carbocycles. The van der Waals surface area contributed by atoms with Crippen LogP contribution < -0.4 is 19.1 Å². The zero-order chi connectivity index (χ0) is 21.4. The summed E-state index contributed by atoms with van der Waals surface area (Å²) >= 11 is 0. The second-order valence-electron chi connectivity index (χ2n) is 7.42. The number of pyridine rings is 2. The summed E-state index contributed by atoms with van der Waals surface area (Å²) in [4.78, 5) is 11.7. The minimum absolute atomic E-state index is 0.563. The van der Waals surface area contributed by atoms with Crippen molar-refractivity contribution in [1.82, 2.24) is 9.97 Å². The summed E-state index contributed by atoms with van der Waals surface area (Å²) in [5, 5.41) is 1.01. The van der Waals surface area contributed by atoms with E-state index in [2.05, 4.69) is 16.8 Å². The van der Waals surface area contributed by atoms with Crippen LogP contribution in [-0.4, -0.2) is 30.7 Å². The highest BCUT2D eigenvalue weighted by Gasteiger charge is 2.27. The van der Waals surface area contributed by atoms with Gasteiger partial charge in [-0.3, -0.25) is 0 Å². The maximum atomic E-state index is 5.84. The maximum Gasteiger partial charge on any atom is 0.219 e. The molecule has 1 aliphatic rings. The second kappa shape index (κ2) is 7.80. The fourth-order valence-corrected chi connectivity index (χ4v) is 4.12. The minimum atomic E-state index is 0.563. The predicted molar refractivity (Wildman–Crippen MR) is 121 cm³/mol. The first-order chi connectivity index (χ1) is 15.2. The number of aromatic nitrogens is 2. The SMILES string of the molecule is COc1cc(OC)c2nc(C)c3c(c2c1)N(c1ccc(Oc2ccccc2)nc1)CC3. The Bertz CT molecular complexity index is 1240. The quantitative estimate of drug-likeness (QED) is 0.434. The topological polar surface area (TPSA) is 56.7 Å². The van der Waals surface area contributed by atoms with Crippen molar-refractivity contribution < 1.29 is 14.2 Å². The van der Waals surface area contributed by atoms with Crippen LogP contribution in [0.15, 0.2) is 60.8 Å². The van der Waals surface area contributed by atoms with Gasteiger partial charge in [-0.05, 0) is 43.2 Å². The molecule has 0 aliphatic carbocycles. The normalized spacial score (nSPS) is 12.7. The molecule has 4 aromatic rings. The predicted octanol–water partition coefficient (Wildman–Crippen LogP) is 5.44. The summed E-state index contributed by atoms with van der Waals surface area (Å²) in [6.45, 7) is 2.91. The van der Waals surface area contributed by atoms with Crippen LogP contribution in [0.4, 0.5) is 11.4 Å². The summed E-state index contributed by atoms with van der Waals surface area (Å²) < 4.78 is 17.0. The van der Waals surface area contributed by atoms with Crippen molar-refractivity contribution in [2.24, 2.45) is 0 Å². The largest absolute Gasteiger partial charge is 0.497 e. The molecule has 0 saturated heterocycles. The summed E-state index contributed by atoms with van der Waals surface area (Å²) in [6, 6.07) is 17.5. The van der Waals surface area contributed by atoms with Gasteiger partial charge in [0.15, 0.2) is 0 Å². The molecular weight excluding hydrogens is 390 g/mol. The average Bonchev–Trinajstić information content (AvgIpc) is 3.26. The summed E-state index contributed by atoms with van der Waals surface area (Å²) in [5.41, 5.74) is 5.24. The molecule has 3 heterocycles. The van der Waals surface area contributed by atoms with E-state index in [4.69, 9.17) is 19.2 Å². The molecule has 0 N–H and O–H groups in total. The minimum Gasteiger partial charge on any atom is -0.497 e. The molecule has 0 spiro atoms. The van der Waals surface area contributed by atoms with Crippen molar-refractivity contribution in [2.75, 3.05) is 25.7 Å². The fourth-order valence-electron chi connectivity index (χ4n) is 4.12. The van der Waals surface area contributed by atoms with E-state index >= 15 is 0 Å². The standard InChI is InChI=1S/C25H23N3O3/c1-16-20-11-12-28(17-9-10-23(26-15-17)31-18-7-5-4-6-8-18)25(20)21-13-19(29-2)14-22(30-3)24(21)27-16/h4-10,13-15H,11-12H2,1-3H3. The molecule has 6 heteroatoms. The first-order valence-electron chi connectivity index (χ1n) is 10.2. The van der Waals surface area contributed by atoms with Crippen molar-refractivity contribution in [3.8, 4) is 23.1 Å². The number of nitrogens with zero attached hydrogens (tertiary/aromatic N) is 3. The van der Waals surface area contributed by atoms with E-state index in [0.29, 0.717) is 11.6 Å². The Morgan fingerprint density at radius 3 is 2.48 bits per heavy atom. The van der Waals surface area contributed by atoms with Gasteiger partial charge < -0.3 is 19.1 Å². The van der Waals surface area contributed by atoms with Crippen molar-refractivity contribution in [1.29, 1.82) is 0 Å². The number of para-hydroxylation sites is 1. The lowest BCUT2D eigenvalue weighted by Gasteiger charge is -2.22. The molecule has 1 aliphatic heterocycles. The average molecular weight is 413 g/mol. The van der Waals surface area contributed by atoms with Gasteiger partial charge in [-0.2, -0.15) is 0 Å². The van der Waals surface area contributed by atoms with E-state index in [9.17, 15) is 0 Å². The van der Waals surface area contributed by atoms with Crippen molar-refractivity contribution in [3.63, 3.8) is 0 Å². The zero-order valence-corrected chi connectivity index (χ0v) is 17.8. The molecule has 0 amide bonds. The highest BCUT2D eigenvalue weighted by molar-refractivity contribution is 6.00. The van der Waals surface area contributed by atoms with Crippen LogP contribution in [-0.2, 0) is 6.42 Å². The van der Waals surface area contributed by atoms with Crippen molar-refractivity contribution in [3.05, 3.63) is 72.1 Å². The lowest BCUT2D eigenvalue weighted by molar-refractivity contribution is 0.397. The number of anilines is 2. The molecule has 156 valence electrons. The van der Waals surface area contributed by atoms with Crippen molar-refractivity contribution in [2.45, 2.75) is 13.3 Å². The van der Waals surface area contributed by atoms with E-state index in [0.717, 1.165) is 52.4 Å². The molecule has 6 nitrogen and oxygen atoms in total. The van der Waals surface area contributed by atoms with Crippen LogP contribution >= 0.6 is 0 Å². The van der Waals surface area contributed by atoms with Crippen LogP contribution in [0.25, 0.3) is 10.9 Å². The monoisotopic (exact) mass is 413 g/mol. The summed E-state index contributed by atoms with van der Waals surface area (Å²) in [7, 11) is 3.32. The van der Waals surface area contributed by atoms with E-state index < -0.39 is 0 Å². The van der Waals surface area contributed by atoms with Crippen LogP contribution in [0.3, 0.4) is 0 Å². The third kappa shape index (κ3) is 3.40. The Kier molecular flexibility index (Phi) is 4.82. The van der Waals surface area contributed by atoms with Gasteiger partial charge in [-0.25, -0.2) is 9.97 Å². The molecule has 0 unspecified atom stereocenters. The Hall–Kier alpha value is -3.80. The summed E-state index contributed by atoms with van der Waals surface area (Å²) in [6.07, 6.45) is 2.78. The molecule has 0 radical (unpaired) electrons. The van der Waals surface area contributed by atoms with Gasteiger partial charge in [-0.1, -0.05) is 18.2 Å². The fraction of sp³-hybridized carbons (Fsp3) is 0.200. The first-order valence-corrected chi connectivity index (χ1v) is 10.2.